The Bertz CT molecular complexity index is 1060. The first-order chi connectivity index (χ1) is 15.0. The van der Waals surface area contributed by atoms with Crippen molar-refractivity contribution in [1.29, 1.82) is 0 Å². The molecule has 0 spiro atoms. The maximum Gasteiger partial charge on any atom is 0.325 e. The summed E-state index contributed by atoms with van der Waals surface area (Å²) in [4.78, 5) is 32.2. The van der Waals surface area contributed by atoms with Crippen LogP contribution in [0.3, 0.4) is 0 Å². The van der Waals surface area contributed by atoms with E-state index in [4.69, 9.17) is 0 Å². The van der Waals surface area contributed by atoms with Crippen LogP contribution in [-0.2, 0) is 22.6 Å². The van der Waals surface area contributed by atoms with Crippen LogP contribution in [0.25, 0.3) is 10.9 Å². The highest BCUT2D eigenvalue weighted by Crippen LogP contribution is 2.31. The molecule has 1 aliphatic heterocycles. The van der Waals surface area contributed by atoms with Crippen molar-refractivity contribution in [3.63, 3.8) is 0 Å². The summed E-state index contributed by atoms with van der Waals surface area (Å²) in [5.41, 5.74) is 2.44. The van der Waals surface area contributed by atoms with E-state index in [0.717, 1.165) is 42.7 Å². The van der Waals surface area contributed by atoms with Gasteiger partial charge in [0.05, 0.1) is 0 Å². The Morgan fingerprint density at radius 1 is 1.00 bits per heavy atom. The van der Waals surface area contributed by atoms with E-state index in [9.17, 15) is 19.8 Å². The highest BCUT2D eigenvalue weighted by atomic mass is 16.4. The van der Waals surface area contributed by atoms with Crippen LogP contribution in [0, 0.1) is 0 Å². The van der Waals surface area contributed by atoms with Crippen LogP contribution in [0.4, 0.5) is 0 Å². The Kier molecular flexibility index (Phi) is 6.29. The highest BCUT2D eigenvalue weighted by molar-refractivity contribution is 5.90. The molecule has 2 aromatic heterocycles. The van der Waals surface area contributed by atoms with Crippen molar-refractivity contribution in [3.05, 3.63) is 66.1 Å². The second kappa shape index (κ2) is 9.28. The third-order valence-corrected chi connectivity index (χ3v) is 5.84. The molecule has 1 fully saturated rings. The number of fused-ring (bicyclic) bond motifs is 1. The fourth-order valence-corrected chi connectivity index (χ4v) is 4.32. The highest BCUT2D eigenvalue weighted by Gasteiger charge is 2.32. The first-order valence-electron chi connectivity index (χ1n) is 10.4. The molecule has 162 valence electrons. The lowest BCUT2D eigenvalue weighted by Crippen LogP contribution is -2.49. The van der Waals surface area contributed by atoms with Crippen LogP contribution in [0.5, 0.6) is 0 Å². The summed E-state index contributed by atoms with van der Waals surface area (Å²) in [6.07, 6.45) is 4.35. The maximum absolute atomic E-state index is 12.3. The standard InChI is InChI=1S/C23H26N4O4/c28-21(29)16-27-15-19(18-6-1-2-7-20(18)27)22(23(30)31)26-13-11-25(12-14-26)10-8-17-5-3-4-9-24-17/h1-7,9,15,22H,8,10-14,16H2,(H,28,29)(H,30,31)/t22-/m0/s1. The number of benzene rings is 1. The van der Waals surface area contributed by atoms with Crippen molar-refractivity contribution in [2.45, 2.75) is 19.0 Å². The van der Waals surface area contributed by atoms with E-state index in [1.807, 2.05) is 47.4 Å². The van der Waals surface area contributed by atoms with Crippen LogP contribution >= 0.6 is 0 Å². The van der Waals surface area contributed by atoms with Crippen molar-refractivity contribution in [2.24, 2.45) is 0 Å². The molecule has 8 nitrogen and oxygen atoms in total. The lowest BCUT2D eigenvalue weighted by atomic mass is 10.0. The molecule has 8 heteroatoms. The normalized spacial score (nSPS) is 16.4. The predicted octanol–water partition coefficient (Wildman–Crippen LogP) is 2.11. The van der Waals surface area contributed by atoms with Gasteiger partial charge in [-0.15, -0.1) is 0 Å². The minimum Gasteiger partial charge on any atom is -0.480 e. The summed E-state index contributed by atoms with van der Waals surface area (Å²) < 4.78 is 1.62. The molecule has 0 saturated carbocycles. The van der Waals surface area contributed by atoms with Crippen molar-refractivity contribution >= 4 is 22.8 Å². The number of para-hydroxylation sites is 1. The fraction of sp³-hybridized carbons (Fsp3) is 0.348. The van der Waals surface area contributed by atoms with E-state index in [1.54, 1.807) is 17.0 Å². The number of hydrogen-bond acceptors (Lipinski definition) is 5. The zero-order chi connectivity index (χ0) is 21.8. The van der Waals surface area contributed by atoms with Crippen LogP contribution in [0.2, 0.25) is 0 Å². The molecule has 3 aromatic rings. The number of aliphatic carboxylic acids is 2. The third-order valence-electron chi connectivity index (χ3n) is 5.84. The number of piperazine rings is 1. The SMILES string of the molecule is O=C(O)Cn1cc([C@@H](C(=O)O)N2CCN(CCc3ccccn3)CC2)c2ccccc21. The molecule has 1 atom stereocenters. The summed E-state index contributed by atoms with van der Waals surface area (Å²) in [6.45, 7) is 3.53. The molecule has 31 heavy (non-hydrogen) atoms. The zero-order valence-corrected chi connectivity index (χ0v) is 17.2. The number of hydrogen-bond donors (Lipinski definition) is 2. The number of nitrogens with zero attached hydrogens (tertiary/aromatic N) is 4. The Morgan fingerprint density at radius 2 is 1.74 bits per heavy atom. The van der Waals surface area contributed by atoms with E-state index < -0.39 is 18.0 Å². The van der Waals surface area contributed by atoms with Gasteiger partial charge < -0.3 is 19.7 Å². The Hall–Kier alpha value is -3.23. The van der Waals surface area contributed by atoms with Gasteiger partial charge in [-0.25, -0.2) is 0 Å². The van der Waals surface area contributed by atoms with Gasteiger partial charge in [-0.2, -0.15) is 0 Å². The summed E-state index contributed by atoms with van der Waals surface area (Å²) in [5, 5.41) is 20.1. The van der Waals surface area contributed by atoms with Crippen LogP contribution < -0.4 is 0 Å². The molecule has 0 amide bonds. The number of carbonyl (C=O) groups is 2. The van der Waals surface area contributed by atoms with Gasteiger partial charge in [0, 0.05) is 73.7 Å². The minimum absolute atomic E-state index is 0.200. The van der Waals surface area contributed by atoms with Crippen LogP contribution in [0.15, 0.2) is 54.9 Å². The van der Waals surface area contributed by atoms with Gasteiger partial charge in [-0.05, 0) is 18.2 Å². The number of pyridine rings is 1. The second-order valence-electron chi connectivity index (χ2n) is 7.81. The molecule has 0 aliphatic carbocycles. The van der Waals surface area contributed by atoms with E-state index in [0.29, 0.717) is 18.7 Å². The monoisotopic (exact) mass is 422 g/mol. The predicted molar refractivity (Wildman–Crippen MR) is 116 cm³/mol. The molecule has 0 bridgehead atoms. The van der Waals surface area contributed by atoms with Crippen molar-refractivity contribution < 1.29 is 19.8 Å². The van der Waals surface area contributed by atoms with Gasteiger partial charge in [-0.1, -0.05) is 24.3 Å². The number of carboxylic acids is 2. The topological polar surface area (TPSA) is 98.9 Å². The number of aromatic nitrogens is 2. The van der Waals surface area contributed by atoms with Crippen molar-refractivity contribution in [3.8, 4) is 0 Å². The molecule has 1 aliphatic rings. The molecular formula is C23H26N4O4. The molecule has 1 saturated heterocycles. The van der Waals surface area contributed by atoms with Gasteiger partial charge in [0.25, 0.3) is 0 Å². The average molecular weight is 422 g/mol. The minimum atomic E-state index is -0.958. The van der Waals surface area contributed by atoms with Gasteiger partial charge in [0.15, 0.2) is 0 Å². The molecule has 0 radical (unpaired) electrons. The van der Waals surface area contributed by atoms with Crippen molar-refractivity contribution in [1.82, 2.24) is 19.4 Å². The summed E-state index contributed by atoms with van der Waals surface area (Å²) in [5.74, 6) is -1.87. The van der Waals surface area contributed by atoms with E-state index in [2.05, 4.69) is 9.88 Å². The first-order valence-corrected chi connectivity index (χ1v) is 10.4. The largest absolute Gasteiger partial charge is 0.480 e. The quantitative estimate of drug-likeness (QED) is 0.574. The van der Waals surface area contributed by atoms with Gasteiger partial charge >= 0.3 is 11.9 Å². The zero-order valence-electron chi connectivity index (χ0n) is 17.2. The van der Waals surface area contributed by atoms with Gasteiger partial charge in [0.2, 0.25) is 0 Å². The Morgan fingerprint density at radius 3 is 2.42 bits per heavy atom. The molecule has 4 rings (SSSR count). The molecule has 2 N–H and O–H groups in total. The fourth-order valence-electron chi connectivity index (χ4n) is 4.32. The number of rotatable bonds is 8. The lowest BCUT2D eigenvalue weighted by molar-refractivity contribution is -0.144. The average Bonchev–Trinajstić information content (AvgIpc) is 3.11. The third kappa shape index (κ3) is 4.76. The van der Waals surface area contributed by atoms with E-state index in [-0.39, 0.29) is 6.54 Å². The smallest absolute Gasteiger partial charge is 0.325 e. The van der Waals surface area contributed by atoms with Crippen LogP contribution in [-0.4, -0.2) is 74.2 Å². The molecular weight excluding hydrogens is 396 g/mol. The first kappa shape index (κ1) is 21.0. The Labute approximate surface area is 180 Å². The lowest BCUT2D eigenvalue weighted by Gasteiger charge is -2.37. The molecule has 3 heterocycles. The Balaban J connectivity index is 1.49. The number of carboxylic acid groups (broad SMARTS) is 2. The molecule has 0 unspecified atom stereocenters. The second-order valence-corrected chi connectivity index (χ2v) is 7.81. The summed E-state index contributed by atoms with van der Waals surface area (Å²) >= 11 is 0. The van der Waals surface area contributed by atoms with E-state index >= 15 is 0 Å². The summed E-state index contributed by atoms with van der Waals surface area (Å²) in [6, 6.07) is 12.5. The maximum atomic E-state index is 12.3. The van der Waals surface area contributed by atoms with Crippen LogP contribution in [0.1, 0.15) is 17.3 Å². The van der Waals surface area contributed by atoms with E-state index in [1.165, 1.54) is 0 Å². The molecule has 1 aromatic carbocycles. The van der Waals surface area contributed by atoms with Gasteiger partial charge in [0.1, 0.15) is 12.6 Å². The summed E-state index contributed by atoms with van der Waals surface area (Å²) in [7, 11) is 0. The van der Waals surface area contributed by atoms with Crippen molar-refractivity contribution in [2.75, 3.05) is 32.7 Å². The van der Waals surface area contributed by atoms with Gasteiger partial charge in [-0.3, -0.25) is 19.5 Å².